The first-order chi connectivity index (χ1) is 12.1. The summed E-state index contributed by atoms with van der Waals surface area (Å²) in [4.78, 5) is 16.6. The maximum absolute atomic E-state index is 13.7. The van der Waals surface area contributed by atoms with Gasteiger partial charge in [-0.3, -0.25) is 14.5 Å². The van der Waals surface area contributed by atoms with E-state index in [1.165, 1.54) is 19.2 Å². The quantitative estimate of drug-likeness (QED) is 0.775. The normalized spacial score (nSPS) is 10.5. The van der Waals surface area contributed by atoms with Crippen LogP contribution < -0.4 is 10.1 Å². The molecular weight excluding hydrogens is 323 g/mol. The molecule has 0 fully saturated rings. The van der Waals surface area contributed by atoms with E-state index in [0.717, 1.165) is 22.9 Å². The van der Waals surface area contributed by atoms with E-state index in [1.807, 2.05) is 19.3 Å². The molecule has 0 aliphatic heterocycles. The van der Waals surface area contributed by atoms with Gasteiger partial charge in [-0.1, -0.05) is 6.07 Å². The third-order valence-electron chi connectivity index (χ3n) is 3.72. The predicted octanol–water partition coefficient (Wildman–Crippen LogP) is 2.56. The highest BCUT2D eigenvalue weighted by Crippen LogP contribution is 2.21. The molecule has 0 aliphatic rings. The molecule has 0 spiro atoms. The van der Waals surface area contributed by atoms with E-state index in [-0.39, 0.29) is 23.8 Å². The predicted molar refractivity (Wildman–Crippen MR) is 90.6 cm³/mol. The Morgan fingerprint density at radius 3 is 2.88 bits per heavy atom. The van der Waals surface area contributed by atoms with Gasteiger partial charge >= 0.3 is 0 Å². The second-order valence-corrected chi connectivity index (χ2v) is 5.45. The zero-order valence-corrected chi connectivity index (χ0v) is 13.9. The van der Waals surface area contributed by atoms with E-state index in [2.05, 4.69) is 15.4 Å². The highest BCUT2D eigenvalue weighted by atomic mass is 19.1. The molecular formula is C18H17FN4O2. The van der Waals surface area contributed by atoms with Gasteiger partial charge in [0.25, 0.3) is 5.91 Å². The van der Waals surface area contributed by atoms with Gasteiger partial charge in [0.1, 0.15) is 0 Å². The molecule has 0 saturated heterocycles. The summed E-state index contributed by atoms with van der Waals surface area (Å²) in [6, 6.07) is 7.77. The van der Waals surface area contributed by atoms with Crippen molar-refractivity contribution in [2.75, 3.05) is 7.11 Å². The molecule has 0 radical (unpaired) electrons. The molecule has 0 bridgehead atoms. The molecule has 7 heteroatoms. The first-order valence-corrected chi connectivity index (χ1v) is 7.63. The number of hydrogen-bond donors (Lipinski definition) is 1. The van der Waals surface area contributed by atoms with Crippen LogP contribution in [0.2, 0.25) is 0 Å². The van der Waals surface area contributed by atoms with E-state index in [4.69, 9.17) is 4.74 Å². The van der Waals surface area contributed by atoms with Crippen LogP contribution >= 0.6 is 0 Å². The SMILES string of the molecule is COc1ccc(C(=O)NCc2cccnc2-c2cnn(C)c2)cc1F. The lowest BCUT2D eigenvalue weighted by Gasteiger charge is -2.09. The van der Waals surface area contributed by atoms with Gasteiger partial charge in [-0.15, -0.1) is 0 Å². The summed E-state index contributed by atoms with van der Waals surface area (Å²) in [6.45, 7) is 0.268. The summed E-state index contributed by atoms with van der Waals surface area (Å²) in [5, 5.41) is 6.92. The number of benzene rings is 1. The molecule has 6 nitrogen and oxygen atoms in total. The first kappa shape index (κ1) is 16.6. The summed E-state index contributed by atoms with van der Waals surface area (Å²) in [7, 11) is 3.20. The van der Waals surface area contributed by atoms with Crippen LogP contribution in [-0.2, 0) is 13.6 Å². The molecule has 3 aromatic rings. The first-order valence-electron chi connectivity index (χ1n) is 7.63. The molecule has 0 saturated carbocycles. The number of methoxy groups -OCH3 is 1. The third kappa shape index (κ3) is 3.65. The average Bonchev–Trinajstić information content (AvgIpc) is 3.06. The zero-order chi connectivity index (χ0) is 17.8. The van der Waals surface area contributed by atoms with E-state index in [9.17, 15) is 9.18 Å². The van der Waals surface area contributed by atoms with Crippen molar-refractivity contribution in [3.8, 4) is 17.0 Å². The van der Waals surface area contributed by atoms with Crippen molar-refractivity contribution in [1.82, 2.24) is 20.1 Å². The number of aryl methyl sites for hydroxylation is 1. The van der Waals surface area contributed by atoms with Crippen LogP contribution in [0.15, 0.2) is 48.9 Å². The highest BCUT2D eigenvalue weighted by Gasteiger charge is 2.12. The van der Waals surface area contributed by atoms with Crippen molar-refractivity contribution in [3.63, 3.8) is 0 Å². The molecule has 0 unspecified atom stereocenters. The molecule has 128 valence electrons. The third-order valence-corrected chi connectivity index (χ3v) is 3.72. The molecule has 2 heterocycles. The minimum Gasteiger partial charge on any atom is -0.494 e. The Bertz CT molecular complexity index is 908. The van der Waals surface area contributed by atoms with Gasteiger partial charge in [-0.2, -0.15) is 5.10 Å². The number of ether oxygens (including phenoxy) is 1. The Labute approximate surface area is 144 Å². The van der Waals surface area contributed by atoms with E-state index >= 15 is 0 Å². The molecule has 2 aromatic heterocycles. The summed E-state index contributed by atoms with van der Waals surface area (Å²) in [6.07, 6.45) is 5.26. The van der Waals surface area contributed by atoms with Gasteiger partial charge in [0.15, 0.2) is 11.6 Å². The average molecular weight is 340 g/mol. The minimum atomic E-state index is -0.576. The summed E-state index contributed by atoms with van der Waals surface area (Å²) in [5.74, 6) is -0.849. The lowest BCUT2D eigenvalue weighted by molar-refractivity contribution is 0.0950. The number of hydrogen-bond acceptors (Lipinski definition) is 4. The van der Waals surface area contributed by atoms with Crippen LogP contribution in [0, 0.1) is 5.82 Å². The fourth-order valence-electron chi connectivity index (χ4n) is 2.47. The van der Waals surface area contributed by atoms with Crippen molar-refractivity contribution in [2.45, 2.75) is 6.54 Å². The molecule has 1 aromatic carbocycles. The van der Waals surface area contributed by atoms with Crippen molar-refractivity contribution >= 4 is 5.91 Å². The molecule has 3 rings (SSSR count). The number of carbonyl (C=O) groups excluding carboxylic acids is 1. The number of nitrogens with one attached hydrogen (secondary N) is 1. The Kier molecular flexibility index (Phi) is 4.74. The molecule has 1 N–H and O–H groups in total. The second kappa shape index (κ2) is 7.12. The largest absolute Gasteiger partial charge is 0.494 e. The summed E-state index contributed by atoms with van der Waals surface area (Å²) in [5.41, 5.74) is 2.68. The van der Waals surface area contributed by atoms with Crippen molar-refractivity contribution in [2.24, 2.45) is 7.05 Å². The number of nitrogens with zero attached hydrogens (tertiary/aromatic N) is 3. The van der Waals surface area contributed by atoms with Crippen LogP contribution in [0.5, 0.6) is 5.75 Å². The van der Waals surface area contributed by atoms with Crippen LogP contribution in [0.4, 0.5) is 4.39 Å². The van der Waals surface area contributed by atoms with Crippen LogP contribution in [0.3, 0.4) is 0 Å². The molecule has 0 atom stereocenters. The fraction of sp³-hybridized carbons (Fsp3) is 0.167. The number of aromatic nitrogens is 3. The maximum atomic E-state index is 13.7. The van der Waals surface area contributed by atoms with Crippen LogP contribution in [0.1, 0.15) is 15.9 Å². The van der Waals surface area contributed by atoms with Crippen molar-refractivity contribution in [3.05, 3.63) is 65.9 Å². The van der Waals surface area contributed by atoms with Gasteiger partial charge in [0, 0.05) is 37.1 Å². The lowest BCUT2D eigenvalue weighted by atomic mass is 10.1. The number of rotatable bonds is 5. The van der Waals surface area contributed by atoms with Gasteiger partial charge < -0.3 is 10.1 Å². The van der Waals surface area contributed by atoms with Gasteiger partial charge in [-0.25, -0.2) is 4.39 Å². The topological polar surface area (TPSA) is 69.0 Å². The van der Waals surface area contributed by atoms with Gasteiger partial charge in [0.2, 0.25) is 0 Å². The van der Waals surface area contributed by atoms with E-state index < -0.39 is 5.82 Å². The fourth-order valence-corrected chi connectivity index (χ4v) is 2.47. The standard InChI is InChI=1S/C18H17FN4O2/c1-23-11-14(10-22-23)17-13(4-3-7-20-17)9-21-18(24)12-5-6-16(25-2)15(19)8-12/h3-8,10-11H,9H2,1-2H3,(H,21,24). The number of pyridine rings is 1. The van der Waals surface area contributed by atoms with Crippen LogP contribution in [-0.4, -0.2) is 27.8 Å². The Morgan fingerprint density at radius 1 is 1.36 bits per heavy atom. The number of amides is 1. The highest BCUT2D eigenvalue weighted by molar-refractivity contribution is 5.94. The van der Waals surface area contributed by atoms with E-state index in [1.54, 1.807) is 23.1 Å². The van der Waals surface area contributed by atoms with Gasteiger partial charge in [-0.05, 0) is 29.8 Å². The molecule has 25 heavy (non-hydrogen) atoms. The van der Waals surface area contributed by atoms with E-state index in [0.29, 0.717) is 0 Å². The molecule has 1 amide bonds. The molecule has 0 aliphatic carbocycles. The number of carbonyl (C=O) groups is 1. The van der Waals surface area contributed by atoms with Crippen molar-refractivity contribution in [1.29, 1.82) is 0 Å². The lowest BCUT2D eigenvalue weighted by Crippen LogP contribution is -2.23. The summed E-state index contributed by atoms with van der Waals surface area (Å²) >= 11 is 0. The minimum absolute atomic E-state index is 0.0997. The smallest absolute Gasteiger partial charge is 0.251 e. The Morgan fingerprint density at radius 2 is 2.20 bits per heavy atom. The van der Waals surface area contributed by atoms with Crippen LogP contribution in [0.25, 0.3) is 11.3 Å². The Hall–Kier alpha value is -3.22. The zero-order valence-electron chi connectivity index (χ0n) is 13.9. The Balaban J connectivity index is 1.76. The monoisotopic (exact) mass is 340 g/mol. The van der Waals surface area contributed by atoms with Crippen molar-refractivity contribution < 1.29 is 13.9 Å². The maximum Gasteiger partial charge on any atom is 0.251 e. The second-order valence-electron chi connectivity index (χ2n) is 5.45. The number of halogens is 1. The summed E-state index contributed by atoms with van der Waals surface area (Å²) < 4.78 is 20.3. The van der Waals surface area contributed by atoms with Gasteiger partial charge in [0.05, 0.1) is 19.0 Å².